The summed E-state index contributed by atoms with van der Waals surface area (Å²) in [7, 11) is 1.33. The molecule has 3 aromatic rings. The average Bonchev–Trinajstić information content (AvgIpc) is 3.51. The monoisotopic (exact) mass is 581 g/mol. The zero-order chi connectivity index (χ0) is 29.4. The van der Waals surface area contributed by atoms with Gasteiger partial charge in [0.05, 0.1) is 18.4 Å². The number of anilines is 1. The van der Waals surface area contributed by atoms with Gasteiger partial charge in [-0.05, 0) is 84.1 Å². The highest BCUT2D eigenvalue weighted by atomic mass is 35.5. The van der Waals surface area contributed by atoms with Gasteiger partial charge < -0.3 is 25.4 Å². The first-order valence-electron chi connectivity index (χ1n) is 12.7. The molecule has 4 rings (SSSR count). The fraction of sp³-hybridized carbons (Fsp3) is 0.296. The van der Waals surface area contributed by atoms with Crippen molar-refractivity contribution < 1.29 is 29.0 Å². The Morgan fingerprint density at radius 1 is 1.15 bits per heavy atom. The summed E-state index contributed by atoms with van der Waals surface area (Å²) in [6.45, 7) is 0.954. The van der Waals surface area contributed by atoms with Crippen molar-refractivity contribution in [1.82, 2.24) is 30.4 Å². The number of carbonyl (C=O) groups excluding carboxylic acids is 3. The smallest absolute Gasteiger partial charge is 0.409 e. The van der Waals surface area contributed by atoms with Crippen molar-refractivity contribution in [2.45, 2.75) is 25.3 Å². The lowest BCUT2D eigenvalue weighted by Gasteiger charge is -2.32. The maximum atomic E-state index is 13.3. The number of carboxylic acids is 1. The van der Waals surface area contributed by atoms with E-state index in [1.54, 1.807) is 29.2 Å². The zero-order valence-electron chi connectivity index (χ0n) is 22.1. The third kappa shape index (κ3) is 7.88. The molecule has 41 heavy (non-hydrogen) atoms. The number of tetrazole rings is 1. The van der Waals surface area contributed by atoms with Gasteiger partial charge in [0.25, 0.3) is 0 Å². The quantitative estimate of drug-likeness (QED) is 0.321. The number of rotatable bonds is 9. The van der Waals surface area contributed by atoms with Crippen molar-refractivity contribution in [1.29, 1.82) is 0 Å². The van der Waals surface area contributed by atoms with Crippen LogP contribution in [0.1, 0.15) is 35.2 Å². The number of hydrogen-bond acceptors (Lipinski definition) is 8. The summed E-state index contributed by atoms with van der Waals surface area (Å²) in [6.07, 6.45) is 5.46. The lowest BCUT2D eigenvalue weighted by molar-refractivity contribution is -0.124. The number of aromatic carboxylic acids is 1. The first-order valence-corrected chi connectivity index (χ1v) is 13.1. The lowest BCUT2D eigenvalue weighted by atomic mass is 9.90. The van der Waals surface area contributed by atoms with E-state index in [0.29, 0.717) is 54.3 Å². The summed E-state index contributed by atoms with van der Waals surface area (Å²) in [5.74, 6) is -1.99. The molecule has 14 heteroatoms. The van der Waals surface area contributed by atoms with Crippen molar-refractivity contribution in [3.05, 3.63) is 71.0 Å². The Morgan fingerprint density at radius 3 is 2.51 bits per heavy atom. The van der Waals surface area contributed by atoms with Gasteiger partial charge in [0.2, 0.25) is 11.8 Å². The number of nitrogens with zero attached hydrogens (tertiary/aromatic N) is 5. The summed E-state index contributed by atoms with van der Waals surface area (Å²) in [6, 6.07) is 9.85. The molecule has 0 saturated carbocycles. The molecule has 1 saturated heterocycles. The van der Waals surface area contributed by atoms with Crippen LogP contribution in [-0.2, 0) is 14.3 Å². The third-order valence-electron chi connectivity index (χ3n) is 6.65. The average molecular weight is 582 g/mol. The molecule has 1 atom stereocenters. The number of methoxy groups -OCH3 is 1. The van der Waals surface area contributed by atoms with Crippen molar-refractivity contribution in [2.24, 2.45) is 5.92 Å². The van der Waals surface area contributed by atoms with Crippen LogP contribution in [0.15, 0.2) is 54.9 Å². The minimum Gasteiger partial charge on any atom is -0.478 e. The van der Waals surface area contributed by atoms with E-state index in [9.17, 15) is 19.2 Å². The second-order valence-corrected chi connectivity index (χ2v) is 9.80. The molecule has 1 fully saturated rings. The highest BCUT2D eigenvalue weighted by Crippen LogP contribution is 2.24. The molecule has 2 aromatic carbocycles. The molecule has 214 valence electrons. The van der Waals surface area contributed by atoms with Crippen LogP contribution in [0.5, 0.6) is 0 Å². The molecule has 13 nitrogen and oxygen atoms in total. The molecule has 0 radical (unpaired) electrons. The van der Waals surface area contributed by atoms with Gasteiger partial charge in [-0.3, -0.25) is 9.59 Å². The van der Waals surface area contributed by atoms with E-state index in [2.05, 4.69) is 26.2 Å². The van der Waals surface area contributed by atoms with Crippen molar-refractivity contribution in [2.75, 3.05) is 25.5 Å². The van der Waals surface area contributed by atoms with E-state index < -0.39 is 29.9 Å². The van der Waals surface area contributed by atoms with E-state index in [1.807, 2.05) is 0 Å². The SMILES string of the molecule is COC(=O)N1CCC(C[C@H](NC(=O)/C=C/c2cc(Cl)ccc2-n2cnnn2)C(=O)Nc2ccc(C(=O)O)cc2)CC1. The normalized spacial score (nSPS) is 14.4. The third-order valence-corrected chi connectivity index (χ3v) is 6.88. The Balaban J connectivity index is 1.48. The molecule has 1 aliphatic heterocycles. The number of likely N-dealkylation sites (tertiary alicyclic amines) is 1. The van der Waals surface area contributed by atoms with Crippen LogP contribution < -0.4 is 10.6 Å². The zero-order valence-corrected chi connectivity index (χ0v) is 22.8. The lowest BCUT2D eigenvalue weighted by Crippen LogP contribution is -2.46. The number of nitrogens with one attached hydrogen (secondary N) is 2. The Hall–Kier alpha value is -4.78. The standard InChI is InChI=1S/C27H28ClN7O6/c1-41-27(40)34-12-10-17(11-13-34)14-22(25(37)30-21-6-2-18(3-7-21)26(38)39)31-24(36)9-4-19-15-20(28)5-8-23(19)35-16-29-32-33-35/h2-9,15-17,22H,10-14H2,1H3,(H,30,37)(H,31,36)(H,38,39)/b9-4+/t22-/m0/s1. The number of halogens is 1. The summed E-state index contributed by atoms with van der Waals surface area (Å²) in [4.78, 5) is 50.9. The first kappa shape index (κ1) is 29.2. The van der Waals surface area contributed by atoms with E-state index >= 15 is 0 Å². The van der Waals surface area contributed by atoms with Gasteiger partial charge in [0.15, 0.2) is 0 Å². The number of carbonyl (C=O) groups is 4. The molecular formula is C27H28ClN7O6. The van der Waals surface area contributed by atoms with E-state index in [4.69, 9.17) is 21.4 Å². The molecule has 0 spiro atoms. The Bertz CT molecular complexity index is 1420. The van der Waals surface area contributed by atoms with E-state index in [-0.39, 0.29) is 11.5 Å². The predicted octanol–water partition coefficient (Wildman–Crippen LogP) is 3.02. The topological polar surface area (TPSA) is 169 Å². The second kappa shape index (κ2) is 13.5. The largest absolute Gasteiger partial charge is 0.478 e. The maximum Gasteiger partial charge on any atom is 0.409 e. The summed E-state index contributed by atoms with van der Waals surface area (Å²) in [5, 5.41) is 26.2. The Morgan fingerprint density at radius 2 is 1.88 bits per heavy atom. The number of amides is 3. The summed E-state index contributed by atoms with van der Waals surface area (Å²) >= 11 is 6.16. The number of ether oxygens (including phenoxy) is 1. The summed E-state index contributed by atoms with van der Waals surface area (Å²) < 4.78 is 6.22. The molecule has 3 amide bonds. The number of hydrogen-bond donors (Lipinski definition) is 3. The molecular weight excluding hydrogens is 554 g/mol. The molecule has 2 heterocycles. The molecule has 0 aliphatic carbocycles. The number of carboxylic acid groups (broad SMARTS) is 1. The minimum atomic E-state index is -1.08. The van der Waals surface area contributed by atoms with Gasteiger partial charge in [-0.25, -0.2) is 9.59 Å². The van der Waals surface area contributed by atoms with Crippen LogP contribution in [-0.4, -0.2) is 80.3 Å². The number of aromatic nitrogens is 4. The summed E-state index contributed by atoms with van der Waals surface area (Å²) in [5.41, 5.74) is 1.65. The molecule has 1 aromatic heterocycles. The number of benzene rings is 2. The van der Waals surface area contributed by atoms with Gasteiger partial charge in [-0.1, -0.05) is 11.6 Å². The number of piperidine rings is 1. The van der Waals surface area contributed by atoms with E-state index in [0.717, 1.165) is 0 Å². The molecule has 0 unspecified atom stereocenters. The molecule has 3 N–H and O–H groups in total. The van der Waals surface area contributed by atoms with E-state index in [1.165, 1.54) is 48.5 Å². The van der Waals surface area contributed by atoms with Gasteiger partial charge in [0, 0.05) is 35.4 Å². The molecule has 0 bridgehead atoms. The van der Waals surface area contributed by atoms with Crippen molar-refractivity contribution >= 4 is 47.2 Å². The fourth-order valence-electron chi connectivity index (χ4n) is 4.50. The molecule has 1 aliphatic rings. The maximum absolute atomic E-state index is 13.3. The van der Waals surface area contributed by atoms with Crippen LogP contribution in [0.3, 0.4) is 0 Å². The highest BCUT2D eigenvalue weighted by molar-refractivity contribution is 6.30. The van der Waals surface area contributed by atoms with Gasteiger partial charge in [-0.2, -0.15) is 4.68 Å². The Labute approximate surface area is 240 Å². The van der Waals surface area contributed by atoms with Gasteiger partial charge in [-0.15, -0.1) is 5.10 Å². The Kier molecular flexibility index (Phi) is 9.64. The van der Waals surface area contributed by atoms with Crippen molar-refractivity contribution in [3.8, 4) is 5.69 Å². The van der Waals surface area contributed by atoms with Crippen LogP contribution in [0.4, 0.5) is 10.5 Å². The highest BCUT2D eigenvalue weighted by Gasteiger charge is 2.29. The predicted molar refractivity (Wildman–Crippen MR) is 148 cm³/mol. The van der Waals surface area contributed by atoms with Gasteiger partial charge in [0.1, 0.15) is 12.4 Å². The van der Waals surface area contributed by atoms with Crippen LogP contribution in [0, 0.1) is 5.92 Å². The first-order chi connectivity index (χ1) is 19.7. The fourth-order valence-corrected chi connectivity index (χ4v) is 4.68. The van der Waals surface area contributed by atoms with Gasteiger partial charge >= 0.3 is 12.1 Å². The van der Waals surface area contributed by atoms with Crippen LogP contribution >= 0.6 is 11.6 Å². The van der Waals surface area contributed by atoms with Crippen LogP contribution in [0.25, 0.3) is 11.8 Å². The van der Waals surface area contributed by atoms with Crippen molar-refractivity contribution in [3.63, 3.8) is 0 Å². The minimum absolute atomic E-state index is 0.0599. The second-order valence-electron chi connectivity index (χ2n) is 9.36. The van der Waals surface area contributed by atoms with Crippen LogP contribution in [0.2, 0.25) is 5.02 Å².